The molecular formula is C15H22O2S2. The number of rotatable bonds is 2. The van der Waals surface area contributed by atoms with E-state index in [4.69, 9.17) is 0 Å². The molecule has 4 rings (SSSR count). The zero-order valence-corrected chi connectivity index (χ0v) is 13.2. The lowest BCUT2D eigenvalue weighted by Crippen LogP contribution is -2.51. The maximum atomic E-state index is 12.2. The molecule has 8 atom stereocenters. The van der Waals surface area contributed by atoms with E-state index in [9.17, 15) is 9.90 Å². The van der Waals surface area contributed by atoms with E-state index in [1.807, 2.05) is 11.8 Å². The van der Waals surface area contributed by atoms with Gasteiger partial charge in [-0.2, -0.15) is 23.5 Å². The van der Waals surface area contributed by atoms with Gasteiger partial charge in [0.1, 0.15) is 0 Å². The van der Waals surface area contributed by atoms with E-state index < -0.39 is 11.4 Å². The first-order chi connectivity index (χ1) is 9.02. The fourth-order valence-corrected chi connectivity index (χ4v) is 7.61. The standard InChI is InChI=1S/C15H22O2S2/c1-7-3-10-12(18-10)5-9(7)15(14(16)17)6-13-11(19-13)4-8(15)2/h7-13H,3-6H2,1-2H3,(H,16,17). The largest absolute Gasteiger partial charge is 0.481 e. The topological polar surface area (TPSA) is 37.3 Å². The molecule has 1 N–H and O–H groups in total. The number of carboxylic acids is 1. The average Bonchev–Trinajstić information content (AvgIpc) is 3.21. The monoisotopic (exact) mass is 298 g/mol. The Bertz CT molecular complexity index is 426. The lowest BCUT2D eigenvalue weighted by molar-refractivity contribution is -0.162. The summed E-state index contributed by atoms with van der Waals surface area (Å²) in [5.41, 5.74) is -0.418. The second-order valence-electron chi connectivity index (χ2n) is 7.17. The van der Waals surface area contributed by atoms with Crippen molar-refractivity contribution in [2.24, 2.45) is 23.2 Å². The molecule has 4 aliphatic rings. The third-order valence-electron chi connectivity index (χ3n) is 6.22. The molecule has 106 valence electrons. The number of carboxylic acid groups (broad SMARTS) is 1. The van der Waals surface area contributed by atoms with E-state index in [-0.39, 0.29) is 0 Å². The molecule has 2 nitrogen and oxygen atoms in total. The van der Waals surface area contributed by atoms with Crippen molar-refractivity contribution in [1.29, 1.82) is 0 Å². The number of fused-ring (bicyclic) bond motifs is 2. The molecule has 2 aliphatic heterocycles. The molecule has 2 saturated carbocycles. The maximum absolute atomic E-state index is 12.2. The van der Waals surface area contributed by atoms with Crippen LogP contribution < -0.4 is 0 Å². The molecule has 4 heteroatoms. The van der Waals surface area contributed by atoms with Gasteiger partial charge in [0.2, 0.25) is 0 Å². The lowest BCUT2D eigenvalue weighted by Gasteiger charge is -2.47. The molecule has 2 aliphatic carbocycles. The molecule has 4 fully saturated rings. The first kappa shape index (κ1) is 12.9. The van der Waals surface area contributed by atoms with Crippen molar-refractivity contribution < 1.29 is 9.90 Å². The van der Waals surface area contributed by atoms with E-state index in [1.54, 1.807) is 0 Å². The molecule has 2 saturated heterocycles. The Labute approximate surface area is 123 Å². The van der Waals surface area contributed by atoms with Gasteiger partial charge in [-0.15, -0.1) is 0 Å². The molecule has 2 heterocycles. The van der Waals surface area contributed by atoms with Crippen LogP contribution in [0.15, 0.2) is 0 Å². The Kier molecular flexibility index (Phi) is 2.77. The van der Waals surface area contributed by atoms with Gasteiger partial charge < -0.3 is 5.11 Å². The van der Waals surface area contributed by atoms with Crippen LogP contribution >= 0.6 is 23.5 Å². The highest BCUT2D eigenvalue weighted by Crippen LogP contribution is 2.66. The van der Waals surface area contributed by atoms with Gasteiger partial charge in [0.25, 0.3) is 0 Å². The summed E-state index contributed by atoms with van der Waals surface area (Å²) in [6.45, 7) is 4.52. The highest BCUT2D eigenvalue weighted by atomic mass is 32.2. The normalized spacial score (nSPS) is 58.9. The number of carbonyl (C=O) groups is 1. The van der Waals surface area contributed by atoms with Crippen LogP contribution in [-0.4, -0.2) is 32.1 Å². The summed E-state index contributed by atoms with van der Waals surface area (Å²) in [5.74, 6) is 0.870. The van der Waals surface area contributed by atoms with Crippen molar-refractivity contribution in [3.05, 3.63) is 0 Å². The van der Waals surface area contributed by atoms with E-state index in [1.165, 1.54) is 6.42 Å². The Morgan fingerprint density at radius 2 is 1.68 bits per heavy atom. The van der Waals surface area contributed by atoms with E-state index >= 15 is 0 Å². The smallest absolute Gasteiger partial charge is 0.310 e. The quantitative estimate of drug-likeness (QED) is 0.792. The molecule has 0 spiro atoms. The second-order valence-corrected chi connectivity index (χ2v) is 10.1. The summed E-state index contributed by atoms with van der Waals surface area (Å²) in [6.07, 6.45) is 4.49. The summed E-state index contributed by atoms with van der Waals surface area (Å²) in [7, 11) is 0. The lowest BCUT2D eigenvalue weighted by atomic mass is 9.54. The number of hydrogen-bond acceptors (Lipinski definition) is 3. The highest BCUT2D eigenvalue weighted by molar-refractivity contribution is 8.08. The fourth-order valence-electron chi connectivity index (χ4n) is 4.96. The van der Waals surface area contributed by atoms with Crippen molar-refractivity contribution in [2.45, 2.75) is 60.5 Å². The Balaban J connectivity index is 1.67. The van der Waals surface area contributed by atoms with Crippen LogP contribution in [0.2, 0.25) is 0 Å². The van der Waals surface area contributed by atoms with Crippen LogP contribution in [0, 0.1) is 23.2 Å². The molecule has 19 heavy (non-hydrogen) atoms. The first-order valence-corrected chi connectivity index (χ1v) is 9.45. The van der Waals surface area contributed by atoms with Crippen LogP contribution in [0.5, 0.6) is 0 Å². The molecule has 8 unspecified atom stereocenters. The van der Waals surface area contributed by atoms with Crippen molar-refractivity contribution >= 4 is 29.5 Å². The average molecular weight is 298 g/mol. The highest BCUT2D eigenvalue weighted by Gasteiger charge is 2.63. The first-order valence-electron chi connectivity index (χ1n) is 7.56. The predicted molar refractivity (Wildman–Crippen MR) is 80.7 cm³/mol. The minimum Gasteiger partial charge on any atom is -0.481 e. The summed E-state index contributed by atoms with van der Waals surface area (Å²) in [6, 6.07) is 0. The minimum absolute atomic E-state index is 0.356. The van der Waals surface area contributed by atoms with Crippen LogP contribution in [-0.2, 0) is 4.79 Å². The van der Waals surface area contributed by atoms with Crippen molar-refractivity contribution in [2.75, 3.05) is 0 Å². The van der Waals surface area contributed by atoms with Gasteiger partial charge in [0.15, 0.2) is 0 Å². The summed E-state index contributed by atoms with van der Waals surface area (Å²) >= 11 is 4.13. The molecule has 0 aromatic rings. The summed E-state index contributed by atoms with van der Waals surface area (Å²) < 4.78 is 0. The maximum Gasteiger partial charge on any atom is 0.310 e. The van der Waals surface area contributed by atoms with Gasteiger partial charge in [0.05, 0.1) is 5.41 Å². The fraction of sp³-hybridized carbons (Fsp3) is 0.933. The van der Waals surface area contributed by atoms with Gasteiger partial charge >= 0.3 is 5.97 Å². The molecule has 0 aromatic heterocycles. The Morgan fingerprint density at radius 1 is 1.05 bits per heavy atom. The molecule has 0 aromatic carbocycles. The van der Waals surface area contributed by atoms with Crippen LogP contribution in [0.1, 0.15) is 39.5 Å². The van der Waals surface area contributed by atoms with Crippen LogP contribution in [0.3, 0.4) is 0 Å². The van der Waals surface area contributed by atoms with E-state index in [0.717, 1.165) is 35.0 Å². The third-order valence-corrected chi connectivity index (χ3v) is 9.04. The summed E-state index contributed by atoms with van der Waals surface area (Å²) in [4.78, 5) is 12.2. The van der Waals surface area contributed by atoms with Crippen molar-refractivity contribution in [3.63, 3.8) is 0 Å². The van der Waals surface area contributed by atoms with Gasteiger partial charge in [-0.25, -0.2) is 0 Å². The van der Waals surface area contributed by atoms with Crippen molar-refractivity contribution in [3.8, 4) is 0 Å². The van der Waals surface area contributed by atoms with Gasteiger partial charge in [-0.1, -0.05) is 13.8 Å². The SMILES string of the molecule is CC1CC2SC2CC1C1(C(=O)O)CC2SC2CC1C. The van der Waals surface area contributed by atoms with Gasteiger partial charge in [0, 0.05) is 21.0 Å². The second kappa shape index (κ2) is 4.09. The zero-order valence-electron chi connectivity index (χ0n) is 11.5. The minimum atomic E-state index is -0.494. The Morgan fingerprint density at radius 3 is 2.42 bits per heavy atom. The van der Waals surface area contributed by atoms with E-state index in [2.05, 4.69) is 25.6 Å². The number of hydrogen-bond donors (Lipinski definition) is 1. The van der Waals surface area contributed by atoms with E-state index in [0.29, 0.717) is 23.0 Å². The van der Waals surface area contributed by atoms with Gasteiger partial charge in [-0.3, -0.25) is 4.79 Å². The van der Waals surface area contributed by atoms with Crippen LogP contribution in [0.25, 0.3) is 0 Å². The molecule has 0 amide bonds. The molecule has 0 bridgehead atoms. The Hall–Kier alpha value is 0.170. The third kappa shape index (κ3) is 1.81. The molecule has 0 radical (unpaired) electrons. The number of thioether (sulfide) groups is 2. The zero-order chi connectivity index (χ0) is 13.4. The molecular weight excluding hydrogens is 276 g/mol. The van der Waals surface area contributed by atoms with Gasteiger partial charge in [-0.05, 0) is 43.4 Å². The van der Waals surface area contributed by atoms with Crippen LogP contribution in [0.4, 0.5) is 0 Å². The van der Waals surface area contributed by atoms with Crippen molar-refractivity contribution in [1.82, 2.24) is 0 Å². The predicted octanol–water partition coefficient (Wildman–Crippen LogP) is 3.50. The summed E-state index contributed by atoms with van der Waals surface area (Å²) in [5, 5.41) is 13.1. The number of aliphatic carboxylic acids is 1.